The Kier molecular flexibility index (Phi) is 8.75. The molecule has 170 valence electrons. The second-order valence-electron chi connectivity index (χ2n) is 7.97. The van der Waals surface area contributed by atoms with Gasteiger partial charge < -0.3 is 9.47 Å². The minimum Gasteiger partial charge on any atom is -0.493 e. The maximum Gasteiger partial charge on any atom is 0.126 e. The van der Waals surface area contributed by atoms with Gasteiger partial charge in [-0.2, -0.15) is 0 Å². The molecule has 4 rings (SSSR count). The predicted octanol–water partition coefficient (Wildman–Crippen LogP) is 8.27. The third-order valence-corrected chi connectivity index (χ3v) is 5.40. The standard InChI is InChI=1S/C32H30O2/c1-3-13-27(14-4-1)21-23-29-17-7-9-19-31(29)33-25-11-12-26-34-32-20-10-8-18-30(32)24-22-28-15-5-2-6-16-28/h1-10,13-24H,11-12,25-26H2. The van der Waals surface area contributed by atoms with Crippen LogP contribution in [0.2, 0.25) is 0 Å². The molecule has 0 heterocycles. The van der Waals surface area contributed by atoms with Crippen molar-refractivity contribution in [2.75, 3.05) is 13.2 Å². The number of ether oxygens (including phenoxy) is 2. The zero-order valence-corrected chi connectivity index (χ0v) is 19.3. The zero-order valence-electron chi connectivity index (χ0n) is 19.3. The van der Waals surface area contributed by atoms with Crippen LogP contribution in [0.1, 0.15) is 35.1 Å². The van der Waals surface area contributed by atoms with Gasteiger partial charge in [0, 0.05) is 11.1 Å². The van der Waals surface area contributed by atoms with Crippen LogP contribution in [0.15, 0.2) is 109 Å². The van der Waals surface area contributed by atoms with Crippen LogP contribution < -0.4 is 9.47 Å². The van der Waals surface area contributed by atoms with Gasteiger partial charge in [0.25, 0.3) is 0 Å². The Balaban J connectivity index is 1.24. The smallest absolute Gasteiger partial charge is 0.126 e. The maximum absolute atomic E-state index is 6.07. The van der Waals surface area contributed by atoms with Crippen LogP contribution in [0.5, 0.6) is 11.5 Å². The normalized spacial score (nSPS) is 11.2. The molecule has 2 heteroatoms. The highest BCUT2D eigenvalue weighted by atomic mass is 16.5. The third-order valence-electron chi connectivity index (χ3n) is 5.40. The van der Waals surface area contributed by atoms with Crippen LogP contribution >= 0.6 is 0 Å². The first kappa shape index (κ1) is 23.1. The average molecular weight is 447 g/mol. The lowest BCUT2D eigenvalue weighted by Gasteiger charge is -2.11. The molecule has 0 aromatic heterocycles. The summed E-state index contributed by atoms with van der Waals surface area (Å²) >= 11 is 0. The lowest BCUT2D eigenvalue weighted by molar-refractivity contribution is 0.266. The van der Waals surface area contributed by atoms with Gasteiger partial charge in [0.15, 0.2) is 0 Å². The fourth-order valence-corrected chi connectivity index (χ4v) is 3.57. The molecule has 0 radical (unpaired) electrons. The van der Waals surface area contributed by atoms with Gasteiger partial charge in [-0.15, -0.1) is 0 Å². The fourth-order valence-electron chi connectivity index (χ4n) is 3.57. The first-order valence-electron chi connectivity index (χ1n) is 11.8. The molecule has 0 fully saturated rings. The molecular formula is C32H30O2. The van der Waals surface area contributed by atoms with E-state index in [-0.39, 0.29) is 0 Å². The maximum atomic E-state index is 6.07. The summed E-state index contributed by atoms with van der Waals surface area (Å²) in [5, 5.41) is 0. The Morgan fingerprint density at radius 2 is 0.794 bits per heavy atom. The van der Waals surface area contributed by atoms with E-state index in [1.54, 1.807) is 0 Å². The van der Waals surface area contributed by atoms with Gasteiger partial charge >= 0.3 is 0 Å². The van der Waals surface area contributed by atoms with E-state index in [1.807, 2.05) is 72.8 Å². The molecule has 0 atom stereocenters. The summed E-state index contributed by atoms with van der Waals surface area (Å²) in [6.07, 6.45) is 10.3. The topological polar surface area (TPSA) is 18.5 Å². The van der Waals surface area contributed by atoms with Gasteiger partial charge in [-0.25, -0.2) is 0 Å². The zero-order chi connectivity index (χ0) is 23.3. The molecule has 0 unspecified atom stereocenters. The van der Waals surface area contributed by atoms with Crippen molar-refractivity contribution < 1.29 is 9.47 Å². The third kappa shape index (κ3) is 7.25. The van der Waals surface area contributed by atoms with E-state index in [0.717, 1.165) is 35.5 Å². The molecule has 34 heavy (non-hydrogen) atoms. The summed E-state index contributed by atoms with van der Waals surface area (Å²) in [6.45, 7) is 1.32. The van der Waals surface area contributed by atoms with Gasteiger partial charge in [-0.3, -0.25) is 0 Å². The number of hydrogen-bond donors (Lipinski definition) is 0. The molecule has 0 aliphatic rings. The van der Waals surface area contributed by atoms with Crippen molar-refractivity contribution >= 4 is 24.3 Å². The van der Waals surface area contributed by atoms with Crippen molar-refractivity contribution in [1.29, 1.82) is 0 Å². The summed E-state index contributed by atoms with van der Waals surface area (Å²) in [4.78, 5) is 0. The lowest BCUT2D eigenvalue weighted by atomic mass is 10.1. The average Bonchev–Trinajstić information content (AvgIpc) is 2.90. The minimum absolute atomic E-state index is 0.662. The number of benzene rings is 4. The molecule has 0 aliphatic heterocycles. The second-order valence-corrected chi connectivity index (χ2v) is 7.97. The van der Waals surface area contributed by atoms with Crippen LogP contribution in [0.25, 0.3) is 24.3 Å². The van der Waals surface area contributed by atoms with E-state index < -0.39 is 0 Å². The fraction of sp³-hybridized carbons (Fsp3) is 0.125. The first-order valence-corrected chi connectivity index (χ1v) is 11.8. The molecule has 0 aliphatic carbocycles. The van der Waals surface area contributed by atoms with Gasteiger partial charge in [-0.1, -0.05) is 121 Å². The minimum atomic E-state index is 0.662. The molecule has 0 bridgehead atoms. The van der Waals surface area contributed by atoms with Crippen LogP contribution in [0, 0.1) is 0 Å². The number of hydrogen-bond acceptors (Lipinski definition) is 2. The molecule has 0 saturated carbocycles. The summed E-state index contributed by atoms with van der Waals surface area (Å²) < 4.78 is 12.1. The number of para-hydroxylation sites is 2. The van der Waals surface area contributed by atoms with Crippen LogP contribution in [0.4, 0.5) is 0 Å². The van der Waals surface area contributed by atoms with E-state index >= 15 is 0 Å². The van der Waals surface area contributed by atoms with Crippen LogP contribution in [-0.2, 0) is 0 Å². The molecule has 0 amide bonds. The van der Waals surface area contributed by atoms with E-state index in [9.17, 15) is 0 Å². The van der Waals surface area contributed by atoms with Crippen molar-refractivity contribution in [2.45, 2.75) is 12.8 Å². The van der Waals surface area contributed by atoms with Gasteiger partial charge in [-0.05, 0) is 36.1 Å². The highest BCUT2D eigenvalue weighted by molar-refractivity contribution is 5.73. The van der Waals surface area contributed by atoms with E-state index in [1.165, 1.54) is 11.1 Å². The van der Waals surface area contributed by atoms with Crippen molar-refractivity contribution in [1.82, 2.24) is 0 Å². The summed E-state index contributed by atoms with van der Waals surface area (Å²) in [5.74, 6) is 1.82. The highest BCUT2D eigenvalue weighted by Crippen LogP contribution is 2.22. The first-order chi connectivity index (χ1) is 16.9. The Morgan fingerprint density at radius 1 is 0.412 bits per heavy atom. The van der Waals surface area contributed by atoms with Gasteiger partial charge in [0.1, 0.15) is 11.5 Å². The predicted molar refractivity (Wildman–Crippen MR) is 144 cm³/mol. The molecule has 0 spiro atoms. The molecular weight excluding hydrogens is 416 g/mol. The van der Waals surface area contributed by atoms with Crippen LogP contribution in [0.3, 0.4) is 0 Å². The van der Waals surface area contributed by atoms with Gasteiger partial charge in [0.05, 0.1) is 13.2 Å². The Bertz CT molecular complexity index is 1100. The van der Waals surface area contributed by atoms with Crippen molar-refractivity contribution in [2.24, 2.45) is 0 Å². The SMILES string of the molecule is C(=Cc1ccccc1OCCCCOc1ccccc1C=Cc1ccccc1)c1ccccc1. The van der Waals surface area contributed by atoms with E-state index in [2.05, 4.69) is 60.7 Å². The quantitative estimate of drug-likeness (QED) is 0.170. The number of rotatable bonds is 11. The summed E-state index contributed by atoms with van der Waals surface area (Å²) in [6, 6.07) is 36.9. The molecule has 4 aromatic rings. The monoisotopic (exact) mass is 446 g/mol. The summed E-state index contributed by atoms with van der Waals surface area (Å²) in [5.41, 5.74) is 4.52. The Morgan fingerprint density at radius 3 is 1.24 bits per heavy atom. The Hall–Kier alpha value is -4.04. The largest absolute Gasteiger partial charge is 0.493 e. The van der Waals surface area contributed by atoms with Crippen LogP contribution in [-0.4, -0.2) is 13.2 Å². The molecule has 4 aromatic carbocycles. The van der Waals surface area contributed by atoms with Gasteiger partial charge in [0.2, 0.25) is 0 Å². The van der Waals surface area contributed by atoms with Crippen molar-refractivity contribution in [3.05, 3.63) is 131 Å². The number of unbranched alkanes of at least 4 members (excludes halogenated alkanes) is 1. The molecule has 2 nitrogen and oxygen atoms in total. The highest BCUT2D eigenvalue weighted by Gasteiger charge is 2.02. The van der Waals surface area contributed by atoms with E-state index in [4.69, 9.17) is 9.47 Å². The summed E-state index contributed by atoms with van der Waals surface area (Å²) in [7, 11) is 0. The van der Waals surface area contributed by atoms with Crippen molar-refractivity contribution in [3.8, 4) is 11.5 Å². The molecule has 0 N–H and O–H groups in total. The second kappa shape index (κ2) is 12.9. The Labute approximate surface area is 202 Å². The lowest BCUT2D eigenvalue weighted by Crippen LogP contribution is -2.03. The van der Waals surface area contributed by atoms with Crippen molar-refractivity contribution in [3.63, 3.8) is 0 Å². The molecule has 0 saturated heterocycles. The van der Waals surface area contributed by atoms with E-state index in [0.29, 0.717) is 13.2 Å².